The first-order chi connectivity index (χ1) is 15.3. The van der Waals surface area contributed by atoms with Gasteiger partial charge in [0, 0.05) is 13.1 Å². The average Bonchev–Trinajstić information content (AvgIpc) is 3.48. The van der Waals surface area contributed by atoms with Gasteiger partial charge in [0.2, 0.25) is 17.5 Å². The van der Waals surface area contributed by atoms with Gasteiger partial charge in [-0.25, -0.2) is 0 Å². The zero-order valence-corrected chi connectivity index (χ0v) is 18.5. The number of Topliss-reactive ketones (excluding diaryl/α,β-unsaturated/α-hetero) is 2. The molecule has 0 aliphatic carbocycles. The van der Waals surface area contributed by atoms with Crippen LogP contribution in [-0.2, 0) is 20.8 Å². The lowest BCUT2D eigenvalue weighted by Crippen LogP contribution is -2.58. The number of guanidine groups is 1. The van der Waals surface area contributed by atoms with Crippen molar-refractivity contribution in [3.8, 4) is 0 Å². The summed E-state index contributed by atoms with van der Waals surface area (Å²) in [7, 11) is 0. The number of ketones is 2. The number of carbonyl (C=O) groups is 3. The molecule has 9 nitrogen and oxygen atoms in total. The summed E-state index contributed by atoms with van der Waals surface area (Å²) in [6.07, 6.45) is 3.81. The van der Waals surface area contributed by atoms with Crippen LogP contribution in [0.25, 0.3) is 0 Å². The minimum atomic E-state index is -1.39. The highest BCUT2D eigenvalue weighted by molar-refractivity contribution is 6.42. The SMILES string of the molecule is NC(N)=NCCC[C@@](N)(Cc1ccccc1)C(=O)C(=O)[C@@H]1CCCN1C(=O)[C@@H]1CCCN1. The van der Waals surface area contributed by atoms with Gasteiger partial charge in [-0.3, -0.25) is 19.4 Å². The lowest BCUT2D eigenvalue weighted by molar-refractivity contribution is -0.146. The molecule has 2 heterocycles. The first-order valence-electron chi connectivity index (χ1n) is 11.3. The Balaban J connectivity index is 1.76. The zero-order chi connectivity index (χ0) is 23.1. The van der Waals surface area contributed by atoms with Crippen molar-refractivity contribution in [2.24, 2.45) is 22.2 Å². The van der Waals surface area contributed by atoms with Crippen molar-refractivity contribution in [2.75, 3.05) is 19.6 Å². The molecule has 3 rings (SSSR count). The van der Waals surface area contributed by atoms with Gasteiger partial charge in [-0.15, -0.1) is 0 Å². The maximum atomic E-state index is 13.5. The van der Waals surface area contributed by atoms with Crippen molar-refractivity contribution in [1.29, 1.82) is 0 Å². The Hall–Kier alpha value is -2.78. The minimum absolute atomic E-state index is 0.0290. The fraction of sp³-hybridized carbons (Fsp3) is 0.565. The van der Waals surface area contributed by atoms with Gasteiger partial charge in [0.15, 0.2) is 5.96 Å². The summed E-state index contributed by atoms with van der Waals surface area (Å²) in [5.41, 5.74) is 16.9. The second-order valence-corrected chi connectivity index (χ2v) is 8.76. The van der Waals surface area contributed by atoms with Gasteiger partial charge < -0.3 is 27.4 Å². The lowest BCUT2D eigenvalue weighted by atomic mass is 9.80. The van der Waals surface area contributed by atoms with Gasteiger partial charge >= 0.3 is 0 Å². The Kier molecular flexibility index (Phi) is 7.98. The molecule has 2 aliphatic rings. The van der Waals surface area contributed by atoms with Crippen LogP contribution in [0.5, 0.6) is 0 Å². The number of amides is 1. The molecule has 0 bridgehead atoms. The average molecular weight is 443 g/mol. The number of nitrogens with two attached hydrogens (primary N) is 3. The van der Waals surface area contributed by atoms with Crippen molar-refractivity contribution >= 4 is 23.4 Å². The van der Waals surface area contributed by atoms with Gasteiger partial charge in [0.05, 0.1) is 17.6 Å². The quantitative estimate of drug-likeness (QED) is 0.170. The zero-order valence-electron chi connectivity index (χ0n) is 18.5. The fourth-order valence-corrected chi connectivity index (χ4v) is 4.64. The molecule has 0 unspecified atom stereocenters. The Bertz CT molecular complexity index is 849. The highest BCUT2D eigenvalue weighted by Crippen LogP contribution is 2.25. The predicted molar refractivity (Wildman–Crippen MR) is 123 cm³/mol. The molecule has 0 aromatic heterocycles. The smallest absolute Gasteiger partial charge is 0.240 e. The summed E-state index contributed by atoms with van der Waals surface area (Å²) in [6, 6.07) is 8.37. The van der Waals surface area contributed by atoms with E-state index in [1.54, 1.807) is 4.90 Å². The van der Waals surface area contributed by atoms with Gasteiger partial charge in [0.1, 0.15) is 0 Å². The number of aliphatic imine (C=N–C) groups is 1. The second kappa shape index (κ2) is 10.7. The van der Waals surface area contributed by atoms with Crippen molar-refractivity contribution in [3.05, 3.63) is 35.9 Å². The van der Waals surface area contributed by atoms with Crippen molar-refractivity contribution in [2.45, 2.75) is 62.6 Å². The predicted octanol–water partition coefficient (Wildman–Crippen LogP) is -0.139. The molecule has 1 aromatic rings. The fourth-order valence-electron chi connectivity index (χ4n) is 4.64. The summed E-state index contributed by atoms with van der Waals surface area (Å²) in [4.78, 5) is 45.3. The summed E-state index contributed by atoms with van der Waals surface area (Å²) >= 11 is 0. The molecule has 2 aliphatic heterocycles. The molecule has 2 saturated heterocycles. The molecule has 3 atom stereocenters. The van der Waals surface area contributed by atoms with Gasteiger partial charge in [0.25, 0.3) is 0 Å². The number of nitrogens with zero attached hydrogens (tertiary/aromatic N) is 2. The molecule has 0 radical (unpaired) electrons. The number of hydrogen-bond donors (Lipinski definition) is 4. The van der Waals surface area contributed by atoms with Crippen LogP contribution in [0.4, 0.5) is 0 Å². The van der Waals surface area contributed by atoms with Crippen molar-refractivity contribution < 1.29 is 14.4 Å². The molecule has 32 heavy (non-hydrogen) atoms. The van der Waals surface area contributed by atoms with E-state index in [0.29, 0.717) is 32.4 Å². The number of carbonyl (C=O) groups excluding carboxylic acids is 3. The number of hydrogen-bond acceptors (Lipinski definition) is 6. The molecule has 2 fully saturated rings. The first kappa shape index (κ1) is 23.9. The third-order valence-corrected chi connectivity index (χ3v) is 6.31. The Morgan fingerprint density at radius 3 is 2.53 bits per heavy atom. The standard InChI is InChI=1S/C23H34N6O3/c24-22(25)28-13-6-11-23(26,15-16-7-2-1-3-8-16)20(31)19(30)18-10-5-14-29(18)21(32)17-9-4-12-27-17/h1-3,7-8,17-18,27H,4-6,9-15,26H2,(H4,24,25,28)/t17-,18-,23+/m0/s1. The largest absolute Gasteiger partial charge is 0.370 e. The van der Waals surface area contributed by atoms with E-state index in [2.05, 4.69) is 10.3 Å². The Morgan fingerprint density at radius 2 is 1.88 bits per heavy atom. The van der Waals surface area contributed by atoms with E-state index in [-0.39, 0.29) is 30.8 Å². The van der Waals surface area contributed by atoms with Crippen LogP contribution in [0, 0.1) is 0 Å². The molecule has 174 valence electrons. The summed E-state index contributed by atoms with van der Waals surface area (Å²) in [5, 5.41) is 3.18. The van der Waals surface area contributed by atoms with E-state index in [4.69, 9.17) is 17.2 Å². The van der Waals surface area contributed by atoms with Crippen LogP contribution in [0.2, 0.25) is 0 Å². The topological polar surface area (TPSA) is 157 Å². The van der Waals surface area contributed by atoms with E-state index in [0.717, 1.165) is 24.9 Å². The monoisotopic (exact) mass is 442 g/mol. The number of likely N-dealkylation sites (tertiary alicyclic amines) is 1. The molecular formula is C23H34N6O3. The number of nitrogens with one attached hydrogen (secondary N) is 1. The van der Waals surface area contributed by atoms with Crippen LogP contribution in [0.1, 0.15) is 44.1 Å². The molecule has 0 saturated carbocycles. The summed E-state index contributed by atoms with van der Waals surface area (Å²) < 4.78 is 0. The third-order valence-electron chi connectivity index (χ3n) is 6.31. The van der Waals surface area contributed by atoms with Crippen LogP contribution in [-0.4, -0.2) is 65.6 Å². The maximum Gasteiger partial charge on any atom is 0.240 e. The maximum absolute atomic E-state index is 13.5. The van der Waals surface area contributed by atoms with E-state index in [1.165, 1.54) is 0 Å². The van der Waals surface area contributed by atoms with Crippen molar-refractivity contribution in [3.63, 3.8) is 0 Å². The molecule has 1 aromatic carbocycles. The van der Waals surface area contributed by atoms with E-state index in [1.807, 2.05) is 30.3 Å². The Morgan fingerprint density at radius 1 is 1.12 bits per heavy atom. The minimum Gasteiger partial charge on any atom is -0.370 e. The third kappa shape index (κ3) is 5.72. The number of benzene rings is 1. The van der Waals surface area contributed by atoms with Gasteiger partial charge in [-0.05, 0) is 57.1 Å². The van der Waals surface area contributed by atoms with Crippen LogP contribution >= 0.6 is 0 Å². The summed E-state index contributed by atoms with van der Waals surface area (Å²) in [6.45, 7) is 1.60. The van der Waals surface area contributed by atoms with Crippen LogP contribution in [0.3, 0.4) is 0 Å². The van der Waals surface area contributed by atoms with Gasteiger partial charge in [-0.2, -0.15) is 0 Å². The first-order valence-corrected chi connectivity index (χ1v) is 11.3. The second-order valence-electron chi connectivity index (χ2n) is 8.76. The normalized spacial score (nSPS) is 22.3. The highest BCUT2D eigenvalue weighted by atomic mass is 16.2. The number of rotatable bonds is 10. The molecule has 0 spiro atoms. The molecule has 9 heteroatoms. The lowest BCUT2D eigenvalue weighted by Gasteiger charge is -2.31. The van der Waals surface area contributed by atoms with Crippen LogP contribution in [0.15, 0.2) is 35.3 Å². The Labute approximate surface area is 188 Å². The molecular weight excluding hydrogens is 408 g/mol. The van der Waals surface area contributed by atoms with Gasteiger partial charge in [-0.1, -0.05) is 30.3 Å². The molecule has 1 amide bonds. The molecule has 7 N–H and O–H groups in total. The van der Waals surface area contributed by atoms with Crippen LogP contribution < -0.4 is 22.5 Å². The highest BCUT2D eigenvalue weighted by Gasteiger charge is 2.45. The summed E-state index contributed by atoms with van der Waals surface area (Å²) in [5.74, 6) is -1.33. The van der Waals surface area contributed by atoms with Crippen molar-refractivity contribution in [1.82, 2.24) is 10.2 Å². The van der Waals surface area contributed by atoms with E-state index >= 15 is 0 Å². The van der Waals surface area contributed by atoms with E-state index < -0.39 is 23.1 Å². The van der Waals surface area contributed by atoms with E-state index in [9.17, 15) is 14.4 Å².